The van der Waals surface area contributed by atoms with Gasteiger partial charge in [-0.1, -0.05) is 30.3 Å². The molecule has 2 aliphatic heterocycles. The second kappa shape index (κ2) is 11.9. The topological polar surface area (TPSA) is 79.4 Å². The second-order valence-corrected chi connectivity index (χ2v) is 10.2. The smallest absolute Gasteiger partial charge is 0.321 e. The third kappa shape index (κ3) is 5.83. The van der Waals surface area contributed by atoms with Gasteiger partial charge in [-0.05, 0) is 49.1 Å². The van der Waals surface area contributed by atoms with Crippen molar-refractivity contribution in [2.75, 3.05) is 40.0 Å². The van der Waals surface area contributed by atoms with Crippen molar-refractivity contribution in [2.24, 2.45) is 0 Å². The van der Waals surface area contributed by atoms with Crippen LogP contribution >= 0.6 is 12.4 Å². The molecule has 2 aliphatic rings. The quantitative estimate of drug-likeness (QED) is 0.594. The summed E-state index contributed by atoms with van der Waals surface area (Å²) in [6.45, 7) is 2.76. The number of amides is 2. The molecule has 0 radical (unpaired) electrons. The molecule has 2 saturated heterocycles. The van der Waals surface area contributed by atoms with Crippen LogP contribution in [0, 0.1) is 0 Å². The number of methoxy groups -OCH3 is 1. The summed E-state index contributed by atoms with van der Waals surface area (Å²) in [5.74, 6) is 0.588. The van der Waals surface area contributed by atoms with Gasteiger partial charge in [-0.25, -0.2) is 13.2 Å². The number of urea groups is 1. The molecule has 0 aromatic heterocycles. The molecular formula is C24H32ClN3O5S. The van der Waals surface area contributed by atoms with Gasteiger partial charge in [0.25, 0.3) is 0 Å². The van der Waals surface area contributed by atoms with Gasteiger partial charge in [-0.15, -0.1) is 12.4 Å². The summed E-state index contributed by atoms with van der Waals surface area (Å²) in [4.78, 5) is 17.1. The van der Waals surface area contributed by atoms with Crippen LogP contribution in [0.4, 0.5) is 4.79 Å². The molecule has 1 unspecified atom stereocenters. The number of halogens is 1. The summed E-state index contributed by atoms with van der Waals surface area (Å²) < 4.78 is 39.9. The Kier molecular flexibility index (Phi) is 9.18. The van der Waals surface area contributed by atoms with E-state index in [1.54, 1.807) is 41.2 Å². The fourth-order valence-corrected chi connectivity index (χ4v) is 5.98. The molecule has 0 aliphatic carbocycles. The van der Waals surface area contributed by atoms with Crippen LogP contribution in [0.15, 0.2) is 59.5 Å². The van der Waals surface area contributed by atoms with Crippen LogP contribution in [-0.4, -0.2) is 74.7 Å². The predicted molar refractivity (Wildman–Crippen MR) is 132 cm³/mol. The van der Waals surface area contributed by atoms with Crippen LogP contribution in [0.2, 0.25) is 0 Å². The molecule has 0 spiro atoms. The van der Waals surface area contributed by atoms with Gasteiger partial charge >= 0.3 is 6.03 Å². The van der Waals surface area contributed by atoms with Crippen LogP contribution in [-0.2, 0) is 21.3 Å². The summed E-state index contributed by atoms with van der Waals surface area (Å²) in [5, 5.41) is 0. The maximum atomic E-state index is 13.9. The van der Waals surface area contributed by atoms with Crippen LogP contribution in [0.1, 0.15) is 24.8 Å². The first-order chi connectivity index (χ1) is 16.0. The molecule has 0 saturated carbocycles. The number of carbonyl (C=O) groups excluding carboxylic acids is 1. The number of carbonyl (C=O) groups is 1. The molecule has 186 valence electrons. The van der Waals surface area contributed by atoms with Gasteiger partial charge in [0.05, 0.1) is 25.2 Å². The average molecular weight is 510 g/mol. The Hall–Kier alpha value is -2.33. The molecule has 8 nitrogen and oxygen atoms in total. The molecule has 10 heteroatoms. The van der Waals surface area contributed by atoms with E-state index in [1.807, 2.05) is 30.3 Å². The third-order valence-corrected chi connectivity index (χ3v) is 8.04. The number of sulfonamides is 1. The Morgan fingerprint density at radius 1 is 1.03 bits per heavy atom. The highest BCUT2D eigenvalue weighted by atomic mass is 35.5. The number of nitrogens with zero attached hydrogens (tertiary/aromatic N) is 3. The number of morpholine rings is 1. The monoisotopic (exact) mass is 509 g/mol. The molecule has 0 bridgehead atoms. The average Bonchev–Trinajstić information content (AvgIpc) is 2.88. The molecule has 0 N–H and O–H groups in total. The highest BCUT2D eigenvalue weighted by Gasteiger charge is 2.40. The zero-order chi connectivity index (χ0) is 23.3. The van der Waals surface area contributed by atoms with Crippen LogP contribution < -0.4 is 4.74 Å². The maximum absolute atomic E-state index is 13.9. The lowest BCUT2D eigenvalue weighted by Crippen LogP contribution is -2.59. The molecular weight excluding hydrogens is 478 g/mol. The molecule has 2 aromatic rings. The van der Waals surface area contributed by atoms with E-state index in [0.717, 1.165) is 18.4 Å². The lowest BCUT2D eigenvalue weighted by Gasteiger charge is -2.44. The number of benzene rings is 2. The van der Waals surface area contributed by atoms with Crippen LogP contribution in [0.5, 0.6) is 5.75 Å². The van der Waals surface area contributed by atoms with Crippen molar-refractivity contribution in [3.63, 3.8) is 0 Å². The van der Waals surface area contributed by atoms with Crippen LogP contribution in [0.3, 0.4) is 0 Å². The Labute approximate surface area is 207 Å². The van der Waals surface area contributed by atoms with E-state index in [4.69, 9.17) is 9.47 Å². The molecule has 1 atom stereocenters. The normalized spacial score (nSPS) is 18.9. The second-order valence-electron chi connectivity index (χ2n) is 8.26. The largest absolute Gasteiger partial charge is 0.497 e. The van der Waals surface area contributed by atoms with Gasteiger partial charge in [-0.3, -0.25) is 0 Å². The van der Waals surface area contributed by atoms with Gasteiger partial charge in [0.15, 0.2) is 0 Å². The number of hydrogen-bond donors (Lipinski definition) is 0. The summed E-state index contributed by atoms with van der Waals surface area (Å²) >= 11 is 0. The summed E-state index contributed by atoms with van der Waals surface area (Å²) in [6.07, 6.45) is 1.76. The number of likely N-dealkylation sites (tertiary alicyclic amines) is 1. The first-order valence-corrected chi connectivity index (χ1v) is 12.8. The van der Waals surface area contributed by atoms with Gasteiger partial charge in [0.1, 0.15) is 11.9 Å². The van der Waals surface area contributed by atoms with Crippen molar-refractivity contribution in [3.8, 4) is 5.75 Å². The first kappa shape index (κ1) is 26.3. The fraction of sp³-hybridized carbons (Fsp3) is 0.458. The maximum Gasteiger partial charge on any atom is 0.321 e. The number of piperidine rings is 1. The third-order valence-electron chi connectivity index (χ3n) is 6.18. The molecule has 2 aromatic carbocycles. The lowest BCUT2D eigenvalue weighted by molar-refractivity contribution is 0.0216. The van der Waals surface area contributed by atoms with E-state index in [0.29, 0.717) is 45.0 Å². The highest BCUT2D eigenvalue weighted by molar-refractivity contribution is 7.89. The number of rotatable bonds is 6. The van der Waals surface area contributed by atoms with Gasteiger partial charge in [-0.2, -0.15) is 4.31 Å². The van der Waals surface area contributed by atoms with Crippen molar-refractivity contribution in [1.29, 1.82) is 0 Å². The standard InChI is InChI=1S/C24H31N3O5S.ClH/c1-31-21-10-12-22(13-11-21)33(29,30)27(19-20-7-3-2-4-8-20)23-9-5-6-14-26(23)24(28)25-15-17-32-18-16-25;/h2-4,7-8,10-13,23H,5-6,9,14-19H2,1H3;1H. The van der Waals surface area contributed by atoms with E-state index < -0.39 is 16.2 Å². The first-order valence-electron chi connectivity index (χ1n) is 11.3. The van der Waals surface area contributed by atoms with Gasteiger partial charge in [0.2, 0.25) is 10.0 Å². The lowest BCUT2D eigenvalue weighted by atomic mass is 10.1. The number of ether oxygens (including phenoxy) is 2. The van der Waals surface area contributed by atoms with Crippen molar-refractivity contribution < 1.29 is 22.7 Å². The molecule has 2 heterocycles. The summed E-state index contributed by atoms with van der Waals surface area (Å²) in [7, 11) is -2.34. The Morgan fingerprint density at radius 2 is 1.71 bits per heavy atom. The van der Waals surface area contributed by atoms with Crippen molar-refractivity contribution >= 4 is 28.5 Å². The molecule has 34 heavy (non-hydrogen) atoms. The van der Waals surface area contributed by atoms with E-state index in [9.17, 15) is 13.2 Å². The van der Waals surface area contributed by atoms with Gasteiger partial charge < -0.3 is 19.3 Å². The zero-order valence-corrected chi connectivity index (χ0v) is 21.0. The van der Waals surface area contributed by atoms with Crippen molar-refractivity contribution in [2.45, 2.75) is 36.9 Å². The van der Waals surface area contributed by atoms with Crippen molar-refractivity contribution in [1.82, 2.24) is 14.1 Å². The van der Waals surface area contributed by atoms with E-state index in [2.05, 4.69) is 0 Å². The minimum atomic E-state index is -3.88. The van der Waals surface area contributed by atoms with E-state index in [1.165, 1.54) is 4.31 Å². The Balaban J connectivity index is 0.00000324. The SMILES string of the molecule is COc1ccc(S(=O)(=O)N(Cc2ccccc2)C2CCCCN2C(=O)N2CCOCC2)cc1.Cl. The summed E-state index contributed by atoms with van der Waals surface area (Å²) in [6, 6.07) is 15.8. The predicted octanol–water partition coefficient (Wildman–Crippen LogP) is 3.57. The Morgan fingerprint density at radius 3 is 2.35 bits per heavy atom. The fourth-order valence-electron chi connectivity index (χ4n) is 4.37. The zero-order valence-electron chi connectivity index (χ0n) is 19.3. The Bertz CT molecular complexity index is 1030. The van der Waals surface area contributed by atoms with Gasteiger partial charge in [0, 0.05) is 26.2 Å². The number of hydrogen-bond acceptors (Lipinski definition) is 5. The van der Waals surface area contributed by atoms with E-state index >= 15 is 0 Å². The van der Waals surface area contributed by atoms with Crippen molar-refractivity contribution in [3.05, 3.63) is 60.2 Å². The summed E-state index contributed by atoms with van der Waals surface area (Å²) in [5.41, 5.74) is 0.874. The highest BCUT2D eigenvalue weighted by Crippen LogP contribution is 2.30. The van der Waals surface area contributed by atoms with Crippen LogP contribution in [0.25, 0.3) is 0 Å². The minimum absolute atomic E-state index is 0. The molecule has 2 fully saturated rings. The van der Waals surface area contributed by atoms with E-state index in [-0.39, 0.29) is 29.9 Å². The molecule has 2 amide bonds. The minimum Gasteiger partial charge on any atom is -0.497 e. The molecule has 4 rings (SSSR count).